The molecule has 2 aromatic carbocycles. The Bertz CT molecular complexity index is 1320. The molecule has 4 rings (SSSR count). The Morgan fingerprint density at radius 2 is 1.84 bits per heavy atom. The molecule has 1 aliphatic rings. The summed E-state index contributed by atoms with van der Waals surface area (Å²) in [7, 11) is 3.90. The standard InChI is InChI=1S/C28H32ClFN4O3.ClH/c1-17(35)21-16-32-24-8-7-18(19-14-22(29)26(36)23(30)15-19)13-20(24)25(21)33-28(9-5-4-6-10-28)27(37)31-11-12-34(2)3;/h7-8,13-16,36H,4-6,9-12H2,1-3H3,(H,31,37)(H,32,33);1H. The molecule has 3 N–H and O–H groups in total. The van der Waals surface area contributed by atoms with E-state index in [1.807, 2.05) is 19.0 Å². The highest BCUT2D eigenvalue weighted by atomic mass is 35.5. The number of anilines is 1. The molecule has 10 heteroatoms. The molecular weight excluding hydrogens is 530 g/mol. The number of aromatic hydroxyl groups is 1. The molecule has 0 unspecified atom stereocenters. The maximum atomic E-state index is 14.2. The van der Waals surface area contributed by atoms with E-state index in [1.165, 1.54) is 25.3 Å². The summed E-state index contributed by atoms with van der Waals surface area (Å²) in [6.45, 7) is 2.70. The van der Waals surface area contributed by atoms with Gasteiger partial charge < -0.3 is 20.6 Å². The minimum Gasteiger partial charge on any atom is -0.504 e. The molecule has 204 valence electrons. The second kappa shape index (κ2) is 12.3. The summed E-state index contributed by atoms with van der Waals surface area (Å²) < 4.78 is 14.2. The number of nitrogens with zero attached hydrogens (tertiary/aromatic N) is 2. The van der Waals surface area contributed by atoms with Crippen molar-refractivity contribution >= 4 is 52.3 Å². The van der Waals surface area contributed by atoms with Crippen molar-refractivity contribution in [3.63, 3.8) is 0 Å². The van der Waals surface area contributed by atoms with Crippen LogP contribution in [0, 0.1) is 5.82 Å². The zero-order valence-corrected chi connectivity index (χ0v) is 23.3. The smallest absolute Gasteiger partial charge is 0.245 e. The molecule has 0 atom stereocenters. The highest BCUT2D eigenvalue weighted by Crippen LogP contribution is 2.38. The summed E-state index contributed by atoms with van der Waals surface area (Å²) in [5, 5.41) is 16.9. The van der Waals surface area contributed by atoms with E-state index in [-0.39, 0.29) is 29.1 Å². The van der Waals surface area contributed by atoms with Crippen LogP contribution in [0.5, 0.6) is 5.75 Å². The number of phenolic OH excluding ortho intramolecular Hbond substituents is 1. The normalized spacial score (nSPS) is 14.7. The number of hydrogen-bond donors (Lipinski definition) is 3. The van der Waals surface area contributed by atoms with Crippen LogP contribution in [0.25, 0.3) is 22.0 Å². The van der Waals surface area contributed by atoms with Gasteiger partial charge in [0.15, 0.2) is 17.3 Å². The fraction of sp³-hybridized carbons (Fsp3) is 0.393. The maximum Gasteiger partial charge on any atom is 0.245 e. The molecule has 0 aliphatic heterocycles. The summed E-state index contributed by atoms with van der Waals surface area (Å²) in [6.07, 6.45) is 5.64. The van der Waals surface area contributed by atoms with Crippen molar-refractivity contribution < 1.29 is 19.1 Å². The zero-order valence-electron chi connectivity index (χ0n) is 21.7. The predicted octanol–water partition coefficient (Wildman–Crippen LogP) is 5.82. The van der Waals surface area contributed by atoms with Crippen LogP contribution in [0.2, 0.25) is 5.02 Å². The van der Waals surface area contributed by atoms with Crippen LogP contribution in [0.3, 0.4) is 0 Å². The molecule has 0 radical (unpaired) electrons. The van der Waals surface area contributed by atoms with E-state index >= 15 is 0 Å². The first-order valence-electron chi connectivity index (χ1n) is 12.4. The molecule has 1 aliphatic carbocycles. The summed E-state index contributed by atoms with van der Waals surface area (Å²) >= 11 is 6.02. The van der Waals surface area contributed by atoms with Crippen LogP contribution in [0.15, 0.2) is 36.5 Å². The number of pyridine rings is 1. The first-order valence-corrected chi connectivity index (χ1v) is 12.8. The number of ketones is 1. The number of fused-ring (bicyclic) bond motifs is 1. The average Bonchev–Trinajstić information content (AvgIpc) is 2.87. The Balaban J connectivity index is 0.00000400. The Labute approximate surface area is 233 Å². The molecule has 1 saturated carbocycles. The lowest BCUT2D eigenvalue weighted by molar-refractivity contribution is -0.126. The third-order valence-corrected chi connectivity index (χ3v) is 7.24. The maximum absolute atomic E-state index is 14.2. The molecular formula is C28H33Cl2FN4O3. The molecule has 38 heavy (non-hydrogen) atoms. The van der Waals surface area contributed by atoms with Crippen molar-refractivity contribution in [1.29, 1.82) is 0 Å². The Morgan fingerprint density at radius 3 is 2.47 bits per heavy atom. The highest BCUT2D eigenvalue weighted by Gasteiger charge is 2.40. The Kier molecular flexibility index (Phi) is 9.57. The Morgan fingerprint density at radius 1 is 1.13 bits per heavy atom. The third-order valence-electron chi connectivity index (χ3n) is 6.95. The van der Waals surface area contributed by atoms with Crippen molar-refractivity contribution in [3.05, 3.63) is 52.9 Å². The lowest BCUT2D eigenvalue weighted by atomic mass is 9.80. The van der Waals surface area contributed by atoms with Crippen molar-refractivity contribution in [1.82, 2.24) is 15.2 Å². The second-order valence-corrected chi connectivity index (χ2v) is 10.4. The summed E-state index contributed by atoms with van der Waals surface area (Å²) in [5.41, 5.74) is 1.77. The number of amides is 1. The number of Topliss-reactive ketones (excluding diaryl/α,β-unsaturated/α-hetero) is 1. The number of aromatic nitrogens is 1. The molecule has 1 fully saturated rings. The number of nitrogens with one attached hydrogen (secondary N) is 2. The van der Waals surface area contributed by atoms with Gasteiger partial charge in [-0.3, -0.25) is 14.6 Å². The van der Waals surface area contributed by atoms with Gasteiger partial charge in [-0.25, -0.2) is 4.39 Å². The minimum absolute atomic E-state index is 0. The van der Waals surface area contributed by atoms with Crippen LogP contribution in [-0.4, -0.2) is 59.4 Å². The Hall–Kier alpha value is -2.94. The van der Waals surface area contributed by atoms with Gasteiger partial charge in [-0.1, -0.05) is 36.9 Å². The van der Waals surface area contributed by atoms with Crippen LogP contribution in [-0.2, 0) is 4.79 Å². The largest absolute Gasteiger partial charge is 0.504 e. The van der Waals surface area contributed by atoms with Crippen LogP contribution in [0.4, 0.5) is 10.1 Å². The van der Waals surface area contributed by atoms with Gasteiger partial charge in [0.1, 0.15) is 5.54 Å². The van der Waals surface area contributed by atoms with E-state index in [1.54, 1.807) is 18.2 Å². The summed E-state index contributed by atoms with van der Waals surface area (Å²) in [4.78, 5) is 32.7. The summed E-state index contributed by atoms with van der Waals surface area (Å²) in [5.74, 6) is -1.70. The van der Waals surface area contributed by atoms with E-state index in [4.69, 9.17) is 11.6 Å². The van der Waals surface area contributed by atoms with Gasteiger partial charge in [-0.2, -0.15) is 0 Å². The molecule has 0 saturated heterocycles. The molecule has 1 heterocycles. The number of benzene rings is 2. The third kappa shape index (κ3) is 6.20. The molecule has 3 aromatic rings. The average molecular weight is 564 g/mol. The molecule has 0 spiro atoms. The number of carbonyl (C=O) groups excluding carboxylic acids is 2. The number of likely N-dealkylation sites (N-methyl/N-ethyl adjacent to an activating group) is 1. The summed E-state index contributed by atoms with van der Waals surface area (Å²) in [6, 6.07) is 8.05. The van der Waals surface area contributed by atoms with Gasteiger partial charge >= 0.3 is 0 Å². The fourth-order valence-corrected chi connectivity index (χ4v) is 5.08. The van der Waals surface area contributed by atoms with E-state index < -0.39 is 17.1 Å². The van der Waals surface area contributed by atoms with Gasteiger partial charge in [-0.05, 0) is 69.3 Å². The van der Waals surface area contributed by atoms with E-state index in [9.17, 15) is 19.1 Å². The lowest BCUT2D eigenvalue weighted by Crippen LogP contribution is -2.54. The van der Waals surface area contributed by atoms with Crippen molar-refractivity contribution in [2.45, 2.75) is 44.6 Å². The lowest BCUT2D eigenvalue weighted by Gasteiger charge is -2.38. The van der Waals surface area contributed by atoms with Gasteiger partial charge in [-0.15, -0.1) is 12.4 Å². The zero-order chi connectivity index (χ0) is 26.7. The second-order valence-electron chi connectivity index (χ2n) is 9.95. The first kappa shape index (κ1) is 29.6. The van der Waals surface area contributed by atoms with Gasteiger partial charge in [0.2, 0.25) is 5.91 Å². The van der Waals surface area contributed by atoms with E-state index in [2.05, 4.69) is 15.6 Å². The van der Waals surface area contributed by atoms with E-state index in [0.29, 0.717) is 59.2 Å². The number of phenols is 1. The number of rotatable bonds is 8. The van der Waals surface area contributed by atoms with Crippen LogP contribution >= 0.6 is 24.0 Å². The molecule has 0 bridgehead atoms. The van der Waals surface area contributed by atoms with Crippen LogP contribution < -0.4 is 10.6 Å². The fourth-order valence-electron chi connectivity index (χ4n) is 4.87. The van der Waals surface area contributed by atoms with Gasteiger partial charge in [0.05, 0.1) is 21.8 Å². The number of hydrogen-bond acceptors (Lipinski definition) is 6. The van der Waals surface area contributed by atoms with Gasteiger partial charge in [0.25, 0.3) is 0 Å². The van der Waals surface area contributed by atoms with Crippen molar-refractivity contribution in [2.24, 2.45) is 0 Å². The number of carbonyl (C=O) groups is 2. The highest BCUT2D eigenvalue weighted by molar-refractivity contribution is 6.32. The molecule has 1 amide bonds. The number of halogens is 3. The van der Waals surface area contributed by atoms with Crippen molar-refractivity contribution in [2.75, 3.05) is 32.5 Å². The monoisotopic (exact) mass is 562 g/mol. The quantitative estimate of drug-likeness (QED) is 0.299. The SMILES string of the molecule is CC(=O)c1cnc2ccc(-c3cc(F)c(O)c(Cl)c3)cc2c1NC1(C(=O)NCCN(C)C)CCCCC1.Cl. The predicted molar refractivity (Wildman–Crippen MR) is 152 cm³/mol. The van der Waals surface area contributed by atoms with E-state index in [0.717, 1.165) is 19.3 Å². The van der Waals surface area contributed by atoms with Crippen LogP contribution in [0.1, 0.15) is 49.4 Å². The molecule has 1 aromatic heterocycles. The van der Waals surface area contributed by atoms with Gasteiger partial charge in [0, 0.05) is 24.7 Å². The minimum atomic E-state index is -0.868. The van der Waals surface area contributed by atoms with Crippen molar-refractivity contribution in [3.8, 4) is 16.9 Å². The molecule has 7 nitrogen and oxygen atoms in total. The first-order chi connectivity index (χ1) is 17.6. The topological polar surface area (TPSA) is 94.6 Å².